The van der Waals surface area contributed by atoms with Gasteiger partial charge >= 0.3 is 12.1 Å². The fourth-order valence-corrected chi connectivity index (χ4v) is 2.07. The number of ether oxygens (including phenoxy) is 2. The molecule has 0 bridgehead atoms. The fourth-order valence-electron chi connectivity index (χ4n) is 2.07. The second kappa shape index (κ2) is 9.93. The Morgan fingerprint density at radius 1 is 1.00 bits per heavy atom. The largest absolute Gasteiger partial charge is 0.462 e. The Morgan fingerprint density at radius 2 is 1.72 bits per heavy atom. The van der Waals surface area contributed by atoms with Crippen LogP contribution in [0.2, 0.25) is 0 Å². The average molecular weight is 339 g/mol. The van der Waals surface area contributed by atoms with Crippen molar-refractivity contribution in [1.82, 2.24) is 0 Å². The van der Waals surface area contributed by atoms with Crippen molar-refractivity contribution in [3.8, 4) is 5.75 Å². The molecule has 0 saturated carbocycles. The molecule has 0 radical (unpaired) electrons. The Balaban J connectivity index is 1.96. The molecule has 0 unspecified atom stereocenters. The van der Waals surface area contributed by atoms with Gasteiger partial charge in [0.2, 0.25) is 0 Å². The summed E-state index contributed by atoms with van der Waals surface area (Å²) in [6.45, 7) is 2.32. The van der Waals surface area contributed by atoms with Crippen LogP contribution in [0, 0.1) is 0 Å². The Hall–Kier alpha value is -3.08. The highest BCUT2D eigenvalue weighted by molar-refractivity contribution is 5.94. The van der Waals surface area contributed by atoms with E-state index >= 15 is 0 Å². The summed E-state index contributed by atoms with van der Waals surface area (Å²) in [4.78, 5) is 24.2. The number of esters is 1. The summed E-state index contributed by atoms with van der Waals surface area (Å²) in [5.41, 5.74) is 0.820. The Labute approximate surface area is 147 Å². The Kier molecular flexibility index (Phi) is 7.25. The first-order valence-electron chi connectivity index (χ1n) is 8.15. The first-order valence-corrected chi connectivity index (χ1v) is 8.15. The highest BCUT2D eigenvalue weighted by Crippen LogP contribution is 2.20. The minimum absolute atomic E-state index is 0.157. The summed E-state index contributed by atoms with van der Waals surface area (Å²) in [5, 5.41) is 2.60. The second-order valence-electron chi connectivity index (χ2n) is 5.18. The second-order valence-corrected chi connectivity index (χ2v) is 5.18. The number of benzene rings is 2. The lowest BCUT2D eigenvalue weighted by Crippen LogP contribution is -2.18. The summed E-state index contributed by atoms with van der Waals surface area (Å²) in [6.07, 6.45) is 4.90. The predicted molar refractivity (Wildman–Crippen MR) is 96.9 cm³/mol. The zero-order chi connectivity index (χ0) is 17.9. The molecule has 5 nitrogen and oxygen atoms in total. The maximum atomic E-state index is 12.2. The van der Waals surface area contributed by atoms with Gasteiger partial charge in [-0.05, 0) is 37.1 Å². The Bertz CT molecular complexity index is 725. The molecule has 0 aromatic heterocycles. The molecule has 0 atom stereocenters. The highest BCUT2D eigenvalue weighted by Gasteiger charge is 2.16. The van der Waals surface area contributed by atoms with Crippen LogP contribution in [0.1, 0.15) is 30.1 Å². The van der Waals surface area contributed by atoms with Gasteiger partial charge in [0, 0.05) is 5.69 Å². The number of carbonyl (C=O) groups excluding carboxylic acids is 2. The molecule has 0 fully saturated rings. The molecular formula is C20H21NO4. The molecule has 0 aliphatic rings. The number of anilines is 1. The SMILES string of the molecule is CCC=CCCOC(=O)c1ccccc1OC(=O)Nc1ccccc1. The number of amides is 1. The lowest BCUT2D eigenvalue weighted by molar-refractivity contribution is 0.0509. The summed E-state index contributed by atoms with van der Waals surface area (Å²) < 4.78 is 10.5. The van der Waals surface area contributed by atoms with Crippen molar-refractivity contribution in [2.75, 3.05) is 11.9 Å². The van der Waals surface area contributed by atoms with Crippen molar-refractivity contribution in [3.63, 3.8) is 0 Å². The van der Waals surface area contributed by atoms with Gasteiger partial charge in [0.25, 0.3) is 0 Å². The molecule has 0 spiro atoms. The van der Waals surface area contributed by atoms with Crippen LogP contribution in [-0.2, 0) is 4.74 Å². The number of hydrogen-bond donors (Lipinski definition) is 1. The van der Waals surface area contributed by atoms with Crippen LogP contribution < -0.4 is 10.1 Å². The molecule has 2 aromatic rings. The number of allylic oxidation sites excluding steroid dienone is 1. The molecule has 0 saturated heterocycles. The van der Waals surface area contributed by atoms with Gasteiger partial charge in [-0.3, -0.25) is 5.32 Å². The third-order valence-electron chi connectivity index (χ3n) is 3.25. The van der Waals surface area contributed by atoms with Crippen molar-refractivity contribution in [2.24, 2.45) is 0 Å². The molecule has 5 heteroatoms. The van der Waals surface area contributed by atoms with E-state index in [0.29, 0.717) is 12.1 Å². The van der Waals surface area contributed by atoms with Gasteiger partial charge in [0.1, 0.15) is 11.3 Å². The first kappa shape index (κ1) is 18.3. The third kappa shape index (κ3) is 6.14. The van der Waals surface area contributed by atoms with E-state index in [1.54, 1.807) is 48.5 Å². The highest BCUT2D eigenvalue weighted by atomic mass is 16.6. The van der Waals surface area contributed by atoms with E-state index in [0.717, 1.165) is 6.42 Å². The van der Waals surface area contributed by atoms with Crippen molar-refractivity contribution in [3.05, 3.63) is 72.3 Å². The number of nitrogens with one attached hydrogen (secondary N) is 1. The number of carbonyl (C=O) groups is 2. The van der Waals surface area contributed by atoms with Gasteiger partial charge in [-0.2, -0.15) is 0 Å². The van der Waals surface area contributed by atoms with Gasteiger partial charge in [-0.25, -0.2) is 9.59 Å². The maximum absolute atomic E-state index is 12.2. The molecule has 1 amide bonds. The summed E-state index contributed by atoms with van der Waals surface area (Å²) >= 11 is 0. The van der Waals surface area contributed by atoms with Crippen molar-refractivity contribution in [2.45, 2.75) is 19.8 Å². The Morgan fingerprint density at radius 3 is 2.48 bits per heavy atom. The van der Waals surface area contributed by atoms with Crippen LogP contribution in [-0.4, -0.2) is 18.7 Å². The molecular weight excluding hydrogens is 318 g/mol. The molecule has 0 aliphatic heterocycles. The summed E-state index contributed by atoms with van der Waals surface area (Å²) in [5.74, 6) is -0.363. The lowest BCUT2D eigenvalue weighted by atomic mass is 10.2. The maximum Gasteiger partial charge on any atom is 0.417 e. The van der Waals surface area contributed by atoms with Crippen LogP contribution >= 0.6 is 0 Å². The zero-order valence-corrected chi connectivity index (χ0v) is 14.1. The minimum Gasteiger partial charge on any atom is -0.462 e. The van der Waals surface area contributed by atoms with Gasteiger partial charge in [0.15, 0.2) is 0 Å². The quantitative estimate of drug-likeness (QED) is 0.446. The van der Waals surface area contributed by atoms with E-state index in [1.165, 1.54) is 0 Å². The third-order valence-corrected chi connectivity index (χ3v) is 3.25. The van der Waals surface area contributed by atoms with Crippen LogP contribution in [0.15, 0.2) is 66.7 Å². The molecule has 2 rings (SSSR count). The smallest absolute Gasteiger partial charge is 0.417 e. The van der Waals surface area contributed by atoms with E-state index in [2.05, 4.69) is 5.32 Å². The number of rotatable bonds is 7. The number of hydrogen-bond acceptors (Lipinski definition) is 4. The van der Waals surface area contributed by atoms with Crippen LogP contribution in [0.3, 0.4) is 0 Å². The van der Waals surface area contributed by atoms with E-state index < -0.39 is 12.1 Å². The monoisotopic (exact) mass is 339 g/mol. The summed E-state index contributed by atoms with van der Waals surface area (Å²) in [7, 11) is 0. The standard InChI is InChI=1S/C20H21NO4/c1-2-3-4-10-15-24-19(22)17-13-8-9-14-18(17)25-20(23)21-16-11-6-5-7-12-16/h3-9,11-14H,2,10,15H2,1H3,(H,21,23). The normalized spacial score (nSPS) is 10.4. The molecule has 1 N–H and O–H groups in total. The van der Waals surface area contributed by atoms with E-state index in [9.17, 15) is 9.59 Å². The van der Waals surface area contributed by atoms with Crippen LogP contribution in [0.25, 0.3) is 0 Å². The van der Waals surface area contributed by atoms with Crippen molar-refractivity contribution < 1.29 is 19.1 Å². The van der Waals surface area contributed by atoms with Gasteiger partial charge in [0.05, 0.1) is 6.61 Å². The minimum atomic E-state index is -0.669. The fraction of sp³-hybridized carbons (Fsp3) is 0.200. The number of para-hydroxylation sites is 2. The molecule has 0 aliphatic carbocycles. The molecule has 2 aromatic carbocycles. The molecule has 130 valence electrons. The zero-order valence-electron chi connectivity index (χ0n) is 14.1. The summed E-state index contributed by atoms with van der Waals surface area (Å²) in [6, 6.07) is 15.4. The average Bonchev–Trinajstić information content (AvgIpc) is 2.62. The predicted octanol–water partition coefficient (Wildman–Crippen LogP) is 4.81. The van der Waals surface area contributed by atoms with Crippen LogP contribution in [0.4, 0.5) is 10.5 Å². The molecule has 25 heavy (non-hydrogen) atoms. The van der Waals surface area contributed by atoms with Crippen molar-refractivity contribution >= 4 is 17.7 Å². The molecule has 0 heterocycles. The van der Waals surface area contributed by atoms with E-state index in [4.69, 9.17) is 9.47 Å². The van der Waals surface area contributed by atoms with Crippen LogP contribution in [0.5, 0.6) is 5.75 Å². The van der Waals surface area contributed by atoms with Crippen molar-refractivity contribution in [1.29, 1.82) is 0 Å². The lowest BCUT2D eigenvalue weighted by Gasteiger charge is -2.10. The van der Waals surface area contributed by atoms with Gasteiger partial charge in [-0.15, -0.1) is 0 Å². The van der Waals surface area contributed by atoms with E-state index in [1.807, 2.05) is 25.1 Å². The first-order chi connectivity index (χ1) is 12.2. The van der Waals surface area contributed by atoms with E-state index in [-0.39, 0.29) is 17.9 Å². The van der Waals surface area contributed by atoms with Gasteiger partial charge in [-0.1, -0.05) is 49.4 Å². The van der Waals surface area contributed by atoms with Gasteiger partial charge < -0.3 is 9.47 Å². The topological polar surface area (TPSA) is 64.6 Å².